The Morgan fingerprint density at radius 2 is 1.49 bits per heavy atom. The minimum atomic E-state index is -0.190. The Morgan fingerprint density at radius 1 is 0.886 bits per heavy atom. The lowest BCUT2D eigenvalue weighted by atomic mass is 9.96. The van der Waals surface area contributed by atoms with E-state index in [9.17, 15) is 9.59 Å². The molecule has 35 heavy (non-hydrogen) atoms. The van der Waals surface area contributed by atoms with Gasteiger partial charge in [-0.2, -0.15) is 0 Å². The Bertz CT molecular complexity index is 930. The predicted molar refractivity (Wildman–Crippen MR) is 134 cm³/mol. The van der Waals surface area contributed by atoms with Crippen molar-refractivity contribution >= 4 is 11.8 Å². The number of hydrogen-bond acceptors (Lipinski definition) is 6. The van der Waals surface area contributed by atoms with E-state index in [4.69, 9.17) is 18.9 Å². The van der Waals surface area contributed by atoms with Crippen molar-refractivity contribution in [3.05, 3.63) is 48.0 Å². The second-order valence-corrected chi connectivity index (χ2v) is 8.24. The normalized spacial score (nSPS) is 13.7. The number of ether oxygens (including phenoxy) is 4. The van der Waals surface area contributed by atoms with E-state index in [1.807, 2.05) is 56.0 Å². The lowest BCUT2D eigenvalue weighted by molar-refractivity contribution is -0.134. The number of rotatable bonds is 12. The van der Waals surface area contributed by atoms with E-state index in [0.717, 1.165) is 12.8 Å². The molecule has 1 saturated heterocycles. The molecule has 2 aromatic carbocycles. The number of para-hydroxylation sites is 1. The largest absolute Gasteiger partial charge is 0.490 e. The van der Waals surface area contributed by atoms with Gasteiger partial charge in [-0.15, -0.1) is 0 Å². The fraction of sp³-hybridized carbons (Fsp3) is 0.481. The van der Waals surface area contributed by atoms with Crippen molar-refractivity contribution in [2.24, 2.45) is 5.92 Å². The highest BCUT2D eigenvalue weighted by atomic mass is 16.5. The highest BCUT2D eigenvalue weighted by Crippen LogP contribution is 2.39. The third-order valence-electron chi connectivity index (χ3n) is 5.80. The maximum absolute atomic E-state index is 12.9. The van der Waals surface area contributed by atoms with Crippen LogP contribution in [0.15, 0.2) is 42.5 Å². The molecule has 2 amide bonds. The zero-order chi connectivity index (χ0) is 25.0. The molecule has 1 fully saturated rings. The Balaban J connectivity index is 1.51. The van der Waals surface area contributed by atoms with E-state index in [1.165, 1.54) is 0 Å². The number of piperidine rings is 1. The molecular weight excluding hydrogens is 448 g/mol. The van der Waals surface area contributed by atoms with Crippen LogP contribution in [-0.4, -0.2) is 62.8 Å². The quantitative estimate of drug-likeness (QED) is 0.491. The molecule has 0 aromatic heterocycles. The zero-order valence-electron chi connectivity index (χ0n) is 20.9. The number of likely N-dealkylation sites (tertiary alicyclic amines) is 1. The standard InChI is InChI=1S/C27H36N2O6/c1-4-32-23-16-21(17-24(33-5-2)26(23)34-6-3)27(31)28-18-20-12-14-29(15-13-20)25(30)19-35-22-10-8-7-9-11-22/h7-11,16-17,20H,4-6,12-15,18-19H2,1-3H3,(H,28,31). The van der Waals surface area contributed by atoms with Crippen molar-refractivity contribution in [3.63, 3.8) is 0 Å². The zero-order valence-corrected chi connectivity index (χ0v) is 20.9. The van der Waals surface area contributed by atoms with Crippen LogP contribution in [0.25, 0.3) is 0 Å². The molecule has 8 heteroatoms. The highest BCUT2D eigenvalue weighted by molar-refractivity contribution is 5.95. The summed E-state index contributed by atoms with van der Waals surface area (Å²) in [7, 11) is 0. The fourth-order valence-electron chi connectivity index (χ4n) is 4.00. The number of carbonyl (C=O) groups is 2. The number of carbonyl (C=O) groups excluding carboxylic acids is 2. The van der Waals surface area contributed by atoms with Crippen molar-refractivity contribution in [3.8, 4) is 23.0 Å². The van der Waals surface area contributed by atoms with Crippen LogP contribution in [0, 0.1) is 5.92 Å². The first-order valence-corrected chi connectivity index (χ1v) is 12.4. The Morgan fingerprint density at radius 3 is 2.06 bits per heavy atom. The van der Waals surface area contributed by atoms with Gasteiger partial charge in [0.15, 0.2) is 18.1 Å². The summed E-state index contributed by atoms with van der Waals surface area (Å²) in [6, 6.07) is 12.7. The first-order chi connectivity index (χ1) is 17.0. The summed E-state index contributed by atoms with van der Waals surface area (Å²) in [5.41, 5.74) is 0.464. The second kappa shape index (κ2) is 13.5. The third kappa shape index (κ3) is 7.53. The molecule has 1 heterocycles. The molecule has 0 atom stereocenters. The first-order valence-electron chi connectivity index (χ1n) is 12.4. The van der Waals surface area contributed by atoms with E-state index in [2.05, 4.69) is 5.32 Å². The van der Waals surface area contributed by atoms with Crippen LogP contribution >= 0.6 is 0 Å². The van der Waals surface area contributed by atoms with Gasteiger partial charge in [0.25, 0.3) is 11.8 Å². The molecule has 1 aliphatic rings. The highest BCUT2D eigenvalue weighted by Gasteiger charge is 2.24. The molecular formula is C27H36N2O6. The molecule has 0 bridgehead atoms. The van der Waals surface area contributed by atoms with Crippen LogP contribution in [0.5, 0.6) is 23.0 Å². The predicted octanol–water partition coefficient (Wildman–Crippen LogP) is 3.93. The van der Waals surface area contributed by atoms with Crippen LogP contribution in [0.3, 0.4) is 0 Å². The molecule has 2 aromatic rings. The topological polar surface area (TPSA) is 86.3 Å². The van der Waals surface area contributed by atoms with Crippen LogP contribution in [-0.2, 0) is 4.79 Å². The van der Waals surface area contributed by atoms with E-state index in [-0.39, 0.29) is 18.4 Å². The minimum Gasteiger partial charge on any atom is -0.490 e. The number of nitrogens with zero attached hydrogens (tertiary/aromatic N) is 1. The van der Waals surface area contributed by atoms with Crippen molar-refractivity contribution in [1.29, 1.82) is 0 Å². The van der Waals surface area contributed by atoms with Gasteiger partial charge in [0, 0.05) is 25.2 Å². The van der Waals surface area contributed by atoms with Crippen LogP contribution in [0.1, 0.15) is 44.0 Å². The molecule has 1 N–H and O–H groups in total. The minimum absolute atomic E-state index is 0.0161. The average Bonchev–Trinajstić information content (AvgIpc) is 2.88. The van der Waals surface area contributed by atoms with Crippen molar-refractivity contribution in [1.82, 2.24) is 10.2 Å². The smallest absolute Gasteiger partial charge is 0.260 e. The summed E-state index contributed by atoms with van der Waals surface area (Å²) in [4.78, 5) is 27.2. The first kappa shape index (κ1) is 26.2. The fourth-order valence-corrected chi connectivity index (χ4v) is 4.00. The lowest BCUT2D eigenvalue weighted by Gasteiger charge is -2.32. The van der Waals surface area contributed by atoms with Crippen molar-refractivity contribution < 1.29 is 28.5 Å². The van der Waals surface area contributed by atoms with Crippen molar-refractivity contribution in [2.75, 3.05) is 46.1 Å². The number of benzene rings is 2. The maximum Gasteiger partial charge on any atom is 0.260 e. The monoisotopic (exact) mass is 484 g/mol. The number of nitrogens with one attached hydrogen (secondary N) is 1. The molecule has 0 spiro atoms. The van der Waals surface area contributed by atoms with Gasteiger partial charge < -0.3 is 29.2 Å². The van der Waals surface area contributed by atoms with Gasteiger partial charge in [-0.3, -0.25) is 9.59 Å². The van der Waals surface area contributed by atoms with E-state index in [1.54, 1.807) is 12.1 Å². The molecule has 0 radical (unpaired) electrons. The SMILES string of the molecule is CCOc1cc(C(=O)NCC2CCN(C(=O)COc3ccccc3)CC2)cc(OCC)c1OCC. The molecule has 3 rings (SSSR count). The Kier molecular flexibility index (Phi) is 10.1. The summed E-state index contributed by atoms with van der Waals surface area (Å²) in [6.45, 7) is 8.91. The van der Waals surface area contributed by atoms with Gasteiger partial charge in [-0.25, -0.2) is 0 Å². The van der Waals surface area contributed by atoms with Crippen LogP contribution < -0.4 is 24.3 Å². The number of amides is 2. The number of hydrogen-bond donors (Lipinski definition) is 1. The van der Waals surface area contributed by atoms with Crippen LogP contribution in [0.2, 0.25) is 0 Å². The lowest BCUT2D eigenvalue weighted by Crippen LogP contribution is -2.43. The summed E-state index contributed by atoms with van der Waals surface area (Å²) >= 11 is 0. The second-order valence-electron chi connectivity index (χ2n) is 8.24. The summed E-state index contributed by atoms with van der Waals surface area (Å²) in [5.74, 6) is 2.29. The van der Waals surface area contributed by atoms with E-state index < -0.39 is 0 Å². The summed E-state index contributed by atoms with van der Waals surface area (Å²) in [6.07, 6.45) is 1.66. The summed E-state index contributed by atoms with van der Waals surface area (Å²) in [5, 5.41) is 3.03. The Hall–Kier alpha value is -3.42. The Labute approximate surface area is 207 Å². The molecule has 0 saturated carbocycles. The maximum atomic E-state index is 12.9. The van der Waals surface area contributed by atoms with Gasteiger partial charge in [0.1, 0.15) is 5.75 Å². The van der Waals surface area contributed by atoms with E-state index in [0.29, 0.717) is 73.9 Å². The molecule has 190 valence electrons. The van der Waals surface area contributed by atoms with Crippen molar-refractivity contribution in [2.45, 2.75) is 33.6 Å². The molecule has 0 unspecified atom stereocenters. The summed E-state index contributed by atoms with van der Waals surface area (Å²) < 4.78 is 22.7. The molecule has 1 aliphatic heterocycles. The third-order valence-corrected chi connectivity index (χ3v) is 5.80. The van der Waals surface area contributed by atoms with Gasteiger partial charge in [0.05, 0.1) is 19.8 Å². The van der Waals surface area contributed by atoms with Gasteiger partial charge in [-0.1, -0.05) is 18.2 Å². The van der Waals surface area contributed by atoms with E-state index >= 15 is 0 Å². The molecule has 8 nitrogen and oxygen atoms in total. The van der Waals surface area contributed by atoms with Gasteiger partial charge in [0.2, 0.25) is 5.75 Å². The average molecular weight is 485 g/mol. The van der Waals surface area contributed by atoms with Gasteiger partial charge >= 0.3 is 0 Å². The van der Waals surface area contributed by atoms with Gasteiger partial charge in [-0.05, 0) is 63.8 Å². The van der Waals surface area contributed by atoms with Crippen LogP contribution in [0.4, 0.5) is 0 Å². The molecule has 0 aliphatic carbocycles.